The number of carboxylic acid groups (broad SMARTS) is 2. The Morgan fingerprint density at radius 2 is 1.16 bits per heavy atom. The molecule has 0 aliphatic carbocycles. The van der Waals surface area contributed by atoms with Crippen molar-refractivity contribution in [2.75, 3.05) is 26.4 Å². The third-order valence-corrected chi connectivity index (χ3v) is 11.0. The highest BCUT2D eigenvalue weighted by Crippen LogP contribution is 2.40. The van der Waals surface area contributed by atoms with Gasteiger partial charge in [-0.2, -0.15) is 0 Å². The molecule has 7 unspecified atom stereocenters. The lowest BCUT2D eigenvalue weighted by Gasteiger charge is -2.51. The number of aliphatic hydroxyl groups is 14. The van der Waals surface area contributed by atoms with Gasteiger partial charge in [0.1, 0.15) is 85.5 Å². The molecular formula is C34H56N2O27. The van der Waals surface area contributed by atoms with Crippen LogP contribution in [0, 0.1) is 0 Å². The van der Waals surface area contributed by atoms with E-state index in [1.165, 1.54) is 0 Å². The van der Waals surface area contributed by atoms with E-state index in [0.29, 0.717) is 0 Å². The van der Waals surface area contributed by atoms with Crippen molar-refractivity contribution in [1.82, 2.24) is 10.6 Å². The van der Waals surface area contributed by atoms with Crippen LogP contribution in [0.3, 0.4) is 0 Å². The lowest BCUT2D eigenvalue weighted by molar-refractivity contribution is -0.387. The van der Waals surface area contributed by atoms with Crippen molar-refractivity contribution in [3.8, 4) is 0 Å². The zero-order chi connectivity index (χ0) is 47.5. The third-order valence-electron chi connectivity index (χ3n) is 11.0. The first-order valence-corrected chi connectivity index (χ1v) is 19.4. The summed E-state index contributed by atoms with van der Waals surface area (Å²) in [4.78, 5) is 50.3. The van der Waals surface area contributed by atoms with E-state index >= 15 is 0 Å². The monoisotopic (exact) mass is 924 g/mol. The van der Waals surface area contributed by atoms with Crippen LogP contribution in [0.15, 0.2) is 0 Å². The van der Waals surface area contributed by atoms with E-state index in [1.54, 1.807) is 0 Å². The summed E-state index contributed by atoms with van der Waals surface area (Å²) in [6.07, 6.45) is -40.7. The van der Waals surface area contributed by atoms with Gasteiger partial charge in [-0.1, -0.05) is 0 Å². The lowest BCUT2D eigenvalue weighted by Crippen LogP contribution is -2.72. The summed E-state index contributed by atoms with van der Waals surface area (Å²) < 4.78 is 38.4. The molecule has 18 N–H and O–H groups in total. The molecule has 4 rings (SSSR count). The number of aliphatic hydroxyl groups excluding tert-OH is 14. The Morgan fingerprint density at radius 3 is 1.63 bits per heavy atom. The first kappa shape index (κ1) is 52.7. The normalized spacial score (nSPS) is 42.9. The second-order valence-electron chi connectivity index (χ2n) is 15.5. The molecule has 4 fully saturated rings. The molecule has 4 aliphatic rings. The van der Waals surface area contributed by atoms with Crippen LogP contribution in [0.5, 0.6) is 0 Å². The molecule has 364 valence electrons. The second-order valence-corrected chi connectivity index (χ2v) is 15.5. The summed E-state index contributed by atoms with van der Waals surface area (Å²) in [7, 11) is 0. The highest BCUT2D eigenvalue weighted by atomic mass is 16.8. The summed E-state index contributed by atoms with van der Waals surface area (Å²) in [5, 5.41) is 173. The summed E-state index contributed by atoms with van der Waals surface area (Å²) in [6.45, 7) is -2.75. The van der Waals surface area contributed by atoms with Crippen molar-refractivity contribution in [1.29, 1.82) is 0 Å². The maximum atomic E-state index is 13.1. The summed E-state index contributed by atoms with van der Waals surface area (Å²) in [5.41, 5.74) is 0. The van der Waals surface area contributed by atoms with Gasteiger partial charge in [0.15, 0.2) is 12.6 Å². The molecule has 0 saturated carbocycles. The Labute approximate surface area is 355 Å². The molecule has 29 heteroatoms. The Hall–Kier alpha value is -2.96. The SMILES string of the molecule is CC(=O)N[C@H]1C([C@H](O)[C@H](O)CO)O[C@@](O[C@H](CO)[C@@H](O)C2O[C@@](OC3[C@@H](O)C(CO)O[C@@H](O[C@@H]4C(CO)O[C@@H](O)C(O)C4O)[C@H]3O)(C(=O)O)C[C@@H](O)[C@H]2NC(C)=O)(C(=O)O)C[C@H]1O. The van der Waals surface area contributed by atoms with Crippen LogP contribution in [0.25, 0.3) is 0 Å². The molecule has 29 nitrogen and oxygen atoms in total. The molecule has 2 amide bonds. The molecule has 4 saturated heterocycles. The minimum Gasteiger partial charge on any atom is -0.477 e. The van der Waals surface area contributed by atoms with Gasteiger partial charge in [-0.3, -0.25) is 9.59 Å². The van der Waals surface area contributed by atoms with Crippen LogP contribution in [-0.4, -0.2) is 266 Å². The molecule has 0 radical (unpaired) electrons. The van der Waals surface area contributed by atoms with E-state index in [4.69, 9.17) is 33.2 Å². The van der Waals surface area contributed by atoms with Crippen LogP contribution in [-0.2, 0) is 52.3 Å². The fourth-order valence-corrected chi connectivity index (χ4v) is 7.76. The average molecular weight is 925 g/mol. The van der Waals surface area contributed by atoms with Crippen molar-refractivity contribution in [2.45, 2.75) is 161 Å². The first-order valence-electron chi connectivity index (χ1n) is 19.4. The van der Waals surface area contributed by atoms with E-state index in [9.17, 15) is 101 Å². The topological polar surface area (TPSA) is 481 Å². The lowest BCUT2D eigenvalue weighted by atomic mass is 9.87. The summed E-state index contributed by atoms with van der Waals surface area (Å²) in [6, 6.07) is -3.57. The van der Waals surface area contributed by atoms with Crippen LogP contribution >= 0.6 is 0 Å². The Kier molecular flexibility index (Phi) is 18.0. The molecule has 0 spiro atoms. The van der Waals surface area contributed by atoms with Crippen LogP contribution in [0.2, 0.25) is 0 Å². The van der Waals surface area contributed by atoms with Gasteiger partial charge in [-0.05, 0) is 0 Å². The number of carbonyl (C=O) groups excluding carboxylic acids is 2. The van der Waals surface area contributed by atoms with Crippen molar-refractivity contribution < 1.29 is 134 Å². The van der Waals surface area contributed by atoms with Gasteiger partial charge in [-0.25, -0.2) is 9.59 Å². The van der Waals surface area contributed by atoms with Gasteiger partial charge in [0, 0.05) is 26.7 Å². The number of carboxylic acids is 2. The number of rotatable bonds is 18. The smallest absolute Gasteiger partial charge is 0.364 e. The molecule has 4 heterocycles. The minimum absolute atomic E-state index is 0.837. The number of carbonyl (C=O) groups is 4. The highest BCUT2D eigenvalue weighted by molar-refractivity contribution is 5.77. The molecule has 63 heavy (non-hydrogen) atoms. The van der Waals surface area contributed by atoms with Gasteiger partial charge < -0.3 is 125 Å². The first-order chi connectivity index (χ1) is 29.4. The zero-order valence-electron chi connectivity index (χ0n) is 33.4. The number of hydrogen-bond acceptors (Lipinski definition) is 25. The van der Waals surface area contributed by atoms with E-state index in [0.717, 1.165) is 13.8 Å². The zero-order valence-corrected chi connectivity index (χ0v) is 33.4. The van der Waals surface area contributed by atoms with E-state index in [1.807, 2.05) is 0 Å². The number of ether oxygens (including phenoxy) is 7. The van der Waals surface area contributed by atoms with Gasteiger partial charge in [0.2, 0.25) is 11.8 Å². The molecule has 0 bridgehead atoms. The highest BCUT2D eigenvalue weighted by Gasteiger charge is 2.62. The fraction of sp³-hybridized carbons (Fsp3) is 0.882. The Morgan fingerprint density at radius 1 is 0.651 bits per heavy atom. The molecule has 0 aromatic carbocycles. The molecule has 4 aliphatic heterocycles. The van der Waals surface area contributed by atoms with Crippen LogP contribution in [0.4, 0.5) is 0 Å². The predicted molar refractivity (Wildman–Crippen MR) is 191 cm³/mol. The summed E-state index contributed by atoms with van der Waals surface area (Å²) in [5.74, 6) is -12.6. The van der Waals surface area contributed by atoms with Crippen molar-refractivity contribution >= 4 is 23.8 Å². The standard InChI is InChI=1S/C34H56N2O27/c1-9(41)35-17-11(43)3-33(31(53)54,61-26(17)19(46)13(45)5-37)60-15(7-39)21(48)27-18(36-10(2)42)12(44)4-34(62-27,32(55)56)63-28-20(47)14(6-38)58-30(24(28)51)59-25-16(8-40)57-29(52)23(50)22(25)49/h11-30,37-40,43-52H,3-8H2,1-2H3,(H,35,41)(H,36,42)(H,53,54)(H,55,56)/t11-,12-,13-,14?,15-,16?,17-,18-,19-,20+,21-,22?,23?,24+,25-,26?,27?,28?,29-,30+,33-,34+/m1/s1. The van der Waals surface area contributed by atoms with Crippen LogP contribution < -0.4 is 10.6 Å². The third kappa shape index (κ3) is 11.2. The van der Waals surface area contributed by atoms with Gasteiger partial charge in [-0.15, -0.1) is 0 Å². The molecule has 22 atom stereocenters. The summed E-state index contributed by atoms with van der Waals surface area (Å²) >= 11 is 0. The van der Waals surface area contributed by atoms with Crippen LogP contribution in [0.1, 0.15) is 26.7 Å². The van der Waals surface area contributed by atoms with Gasteiger partial charge in [0.25, 0.3) is 11.6 Å². The Balaban J connectivity index is 1.72. The molecular weight excluding hydrogens is 868 g/mol. The second kappa shape index (κ2) is 21.6. The maximum absolute atomic E-state index is 13.1. The predicted octanol–water partition coefficient (Wildman–Crippen LogP) is -11.0. The van der Waals surface area contributed by atoms with Gasteiger partial charge in [0.05, 0.1) is 50.7 Å². The molecule has 0 aromatic rings. The van der Waals surface area contributed by atoms with E-state index in [-0.39, 0.29) is 0 Å². The fourth-order valence-electron chi connectivity index (χ4n) is 7.76. The average Bonchev–Trinajstić information content (AvgIpc) is 3.22. The van der Waals surface area contributed by atoms with Crippen molar-refractivity contribution in [3.05, 3.63) is 0 Å². The largest absolute Gasteiger partial charge is 0.477 e. The number of nitrogens with one attached hydrogen (secondary N) is 2. The van der Waals surface area contributed by atoms with E-state index < -0.39 is 197 Å². The van der Waals surface area contributed by atoms with Gasteiger partial charge >= 0.3 is 11.9 Å². The molecule has 0 aromatic heterocycles. The number of amides is 2. The quantitative estimate of drug-likeness (QED) is 0.0607. The van der Waals surface area contributed by atoms with Crippen molar-refractivity contribution in [3.63, 3.8) is 0 Å². The maximum Gasteiger partial charge on any atom is 0.364 e. The Bertz CT molecular complexity index is 1560. The van der Waals surface area contributed by atoms with Crippen molar-refractivity contribution in [2.24, 2.45) is 0 Å². The number of aliphatic carboxylic acids is 2. The van der Waals surface area contributed by atoms with E-state index in [2.05, 4.69) is 10.6 Å². The minimum atomic E-state index is -3.33. The number of hydrogen-bond donors (Lipinski definition) is 18.